The summed E-state index contributed by atoms with van der Waals surface area (Å²) in [6, 6.07) is 6.38. The van der Waals surface area contributed by atoms with Gasteiger partial charge in [0.1, 0.15) is 4.88 Å². The third kappa shape index (κ3) is 2.66. The van der Waals surface area contributed by atoms with Crippen molar-refractivity contribution in [2.75, 3.05) is 12.8 Å². The fourth-order valence-corrected chi connectivity index (χ4v) is 3.45. The second-order valence-corrected chi connectivity index (χ2v) is 6.45. The zero-order chi connectivity index (χ0) is 14.9. The van der Waals surface area contributed by atoms with E-state index in [1.807, 2.05) is 26.1 Å². The summed E-state index contributed by atoms with van der Waals surface area (Å²) < 4.78 is 1.08. The maximum absolute atomic E-state index is 12.6. The molecule has 1 heterocycles. The van der Waals surface area contributed by atoms with E-state index in [0.717, 1.165) is 28.5 Å². The quantitative estimate of drug-likeness (QED) is 0.923. The summed E-state index contributed by atoms with van der Waals surface area (Å²) in [7, 11) is 1.86. The summed E-state index contributed by atoms with van der Waals surface area (Å²) in [5.74, 6) is 0.0299. The Bertz CT molecular complexity index is 633. The standard InChI is InChI=1S/C16H22N2OS/c1-5-6-11(3)18(4)16(19)15-14(17)12-9-10(2)7-8-13(12)20-15/h7-9,11H,5-6,17H2,1-4H3. The Hall–Kier alpha value is -1.55. The maximum Gasteiger partial charge on any atom is 0.266 e. The first-order valence-electron chi connectivity index (χ1n) is 7.01. The molecular weight excluding hydrogens is 268 g/mol. The highest BCUT2D eigenvalue weighted by molar-refractivity contribution is 7.21. The number of carbonyl (C=O) groups is 1. The van der Waals surface area contributed by atoms with Gasteiger partial charge in [0.05, 0.1) is 5.69 Å². The number of hydrogen-bond donors (Lipinski definition) is 1. The van der Waals surface area contributed by atoms with Gasteiger partial charge < -0.3 is 10.6 Å². The van der Waals surface area contributed by atoms with Gasteiger partial charge in [-0.05, 0) is 32.4 Å². The molecule has 3 nitrogen and oxygen atoms in total. The van der Waals surface area contributed by atoms with Crippen molar-refractivity contribution in [1.82, 2.24) is 4.90 Å². The second-order valence-electron chi connectivity index (χ2n) is 5.40. The number of carbonyl (C=O) groups excluding carboxylic acids is 1. The van der Waals surface area contributed by atoms with Crippen LogP contribution in [-0.4, -0.2) is 23.9 Å². The van der Waals surface area contributed by atoms with Crippen molar-refractivity contribution in [2.24, 2.45) is 0 Å². The normalized spacial score (nSPS) is 12.6. The van der Waals surface area contributed by atoms with Crippen LogP contribution in [0.5, 0.6) is 0 Å². The van der Waals surface area contributed by atoms with Crippen LogP contribution in [0, 0.1) is 6.92 Å². The van der Waals surface area contributed by atoms with Crippen molar-refractivity contribution in [3.63, 3.8) is 0 Å². The minimum absolute atomic E-state index is 0.0299. The minimum atomic E-state index is 0.0299. The monoisotopic (exact) mass is 290 g/mol. The van der Waals surface area contributed by atoms with E-state index in [-0.39, 0.29) is 11.9 Å². The first-order chi connectivity index (χ1) is 9.45. The van der Waals surface area contributed by atoms with Crippen molar-refractivity contribution in [3.05, 3.63) is 28.6 Å². The number of nitrogens with zero attached hydrogens (tertiary/aromatic N) is 1. The number of hydrogen-bond acceptors (Lipinski definition) is 3. The molecule has 1 atom stereocenters. The van der Waals surface area contributed by atoms with E-state index in [0.29, 0.717) is 10.6 Å². The number of nitrogen functional groups attached to an aromatic ring is 1. The van der Waals surface area contributed by atoms with Crippen molar-refractivity contribution < 1.29 is 4.79 Å². The minimum Gasteiger partial charge on any atom is -0.397 e. The number of fused-ring (bicyclic) bond motifs is 1. The summed E-state index contributed by atoms with van der Waals surface area (Å²) >= 11 is 1.49. The first-order valence-corrected chi connectivity index (χ1v) is 7.83. The highest BCUT2D eigenvalue weighted by Crippen LogP contribution is 2.35. The van der Waals surface area contributed by atoms with Gasteiger partial charge in [-0.15, -0.1) is 11.3 Å². The number of benzene rings is 1. The topological polar surface area (TPSA) is 46.3 Å². The van der Waals surface area contributed by atoms with Gasteiger partial charge >= 0.3 is 0 Å². The molecule has 20 heavy (non-hydrogen) atoms. The Morgan fingerprint density at radius 1 is 1.45 bits per heavy atom. The summed E-state index contributed by atoms with van der Waals surface area (Å²) in [4.78, 5) is 15.1. The first kappa shape index (κ1) is 14.9. The van der Waals surface area contributed by atoms with E-state index >= 15 is 0 Å². The molecule has 0 saturated heterocycles. The highest BCUT2D eigenvalue weighted by atomic mass is 32.1. The predicted molar refractivity (Wildman–Crippen MR) is 87.4 cm³/mol. The van der Waals surface area contributed by atoms with Crippen LogP contribution >= 0.6 is 11.3 Å². The van der Waals surface area contributed by atoms with E-state index in [1.54, 1.807) is 4.90 Å². The zero-order valence-corrected chi connectivity index (χ0v) is 13.4. The van der Waals surface area contributed by atoms with Crippen LogP contribution in [0.2, 0.25) is 0 Å². The Balaban J connectivity index is 2.37. The SMILES string of the molecule is CCCC(C)N(C)C(=O)c1sc2ccc(C)cc2c1N. The van der Waals surface area contributed by atoms with Crippen molar-refractivity contribution in [1.29, 1.82) is 0 Å². The van der Waals surface area contributed by atoms with Gasteiger partial charge in [0.25, 0.3) is 5.91 Å². The van der Waals surface area contributed by atoms with Gasteiger partial charge in [-0.1, -0.05) is 25.0 Å². The Kier molecular flexibility index (Phi) is 4.33. The molecule has 0 saturated carbocycles. The van der Waals surface area contributed by atoms with Crippen LogP contribution < -0.4 is 5.73 Å². The molecule has 1 amide bonds. The molecule has 4 heteroatoms. The molecule has 0 bridgehead atoms. The summed E-state index contributed by atoms with van der Waals surface area (Å²) in [5, 5.41) is 0.995. The number of amides is 1. The van der Waals surface area contributed by atoms with Gasteiger partial charge in [0.15, 0.2) is 0 Å². The molecule has 1 aromatic carbocycles. The fraction of sp³-hybridized carbons (Fsp3) is 0.438. The van der Waals surface area contributed by atoms with Crippen LogP contribution in [0.15, 0.2) is 18.2 Å². The number of aryl methyl sites for hydroxylation is 1. The molecule has 0 aliphatic heterocycles. The Morgan fingerprint density at radius 2 is 2.15 bits per heavy atom. The molecule has 0 radical (unpaired) electrons. The largest absolute Gasteiger partial charge is 0.397 e. The number of rotatable bonds is 4. The number of nitrogens with two attached hydrogens (primary N) is 1. The molecule has 0 spiro atoms. The molecular formula is C16H22N2OS. The lowest BCUT2D eigenvalue weighted by molar-refractivity contribution is 0.0742. The molecule has 0 fully saturated rings. The van der Waals surface area contributed by atoms with E-state index in [2.05, 4.69) is 19.9 Å². The smallest absolute Gasteiger partial charge is 0.266 e. The lowest BCUT2D eigenvalue weighted by Crippen LogP contribution is -2.34. The van der Waals surface area contributed by atoms with Crippen LogP contribution in [-0.2, 0) is 0 Å². The van der Waals surface area contributed by atoms with Crippen LogP contribution in [0.3, 0.4) is 0 Å². The van der Waals surface area contributed by atoms with Crippen molar-refractivity contribution in [2.45, 2.75) is 39.7 Å². The lowest BCUT2D eigenvalue weighted by atomic mass is 10.1. The third-order valence-electron chi connectivity index (χ3n) is 3.76. The lowest BCUT2D eigenvalue weighted by Gasteiger charge is -2.24. The van der Waals surface area contributed by atoms with Crippen LogP contribution in [0.1, 0.15) is 41.9 Å². The maximum atomic E-state index is 12.6. The predicted octanol–water partition coefficient (Wildman–Crippen LogP) is 4.05. The van der Waals surface area contributed by atoms with Crippen LogP contribution in [0.4, 0.5) is 5.69 Å². The van der Waals surface area contributed by atoms with E-state index in [1.165, 1.54) is 11.3 Å². The van der Waals surface area contributed by atoms with Crippen molar-refractivity contribution >= 4 is 33.0 Å². The highest BCUT2D eigenvalue weighted by Gasteiger charge is 2.22. The van der Waals surface area contributed by atoms with E-state index in [9.17, 15) is 4.79 Å². The van der Waals surface area contributed by atoms with Gasteiger partial charge in [-0.2, -0.15) is 0 Å². The molecule has 1 unspecified atom stereocenters. The summed E-state index contributed by atoms with van der Waals surface area (Å²) in [6.07, 6.45) is 2.08. The molecule has 2 rings (SSSR count). The van der Waals surface area contributed by atoms with Gasteiger partial charge in [0, 0.05) is 23.2 Å². The zero-order valence-electron chi connectivity index (χ0n) is 12.6. The molecule has 2 aromatic rings. The molecule has 0 aliphatic carbocycles. The molecule has 108 valence electrons. The van der Waals surface area contributed by atoms with Gasteiger partial charge in [-0.25, -0.2) is 0 Å². The summed E-state index contributed by atoms with van der Waals surface area (Å²) in [5.41, 5.74) is 7.96. The molecule has 1 aromatic heterocycles. The average Bonchev–Trinajstić information content (AvgIpc) is 2.74. The Morgan fingerprint density at radius 3 is 2.80 bits per heavy atom. The average molecular weight is 290 g/mol. The third-order valence-corrected chi connectivity index (χ3v) is 4.94. The Labute approximate surface area is 124 Å². The molecule has 2 N–H and O–H groups in total. The van der Waals surface area contributed by atoms with E-state index < -0.39 is 0 Å². The number of thiophene rings is 1. The number of anilines is 1. The molecule has 0 aliphatic rings. The van der Waals surface area contributed by atoms with E-state index in [4.69, 9.17) is 5.73 Å². The van der Waals surface area contributed by atoms with Crippen molar-refractivity contribution in [3.8, 4) is 0 Å². The second kappa shape index (κ2) is 5.83. The van der Waals surface area contributed by atoms with Crippen LogP contribution in [0.25, 0.3) is 10.1 Å². The van der Waals surface area contributed by atoms with Gasteiger partial charge in [0.2, 0.25) is 0 Å². The summed E-state index contributed by atoms with van der Waals surface area (Å²) in [6.45, 7) is 6.24. The fourth-order valence-electron chi connectivity index (χ4n) is 2.36. The van der Waals surface area contributed by atoms with Gasteiger partial charge in [-0.3, -0.25) is 4.79 Å².